The Morgan fingerprint density at radius 1 is 1.15 bits per heavy atom. The summed E-state index contributed by atoms with van der Waals surface area (Å²) in [5, 5.41) is 12.8. The van der Waals surface area contributed by atoms with Crippen molar-refractivity contribution in [1.29, 1.82) is 0 Å². The molecule has 0 amide bonds. The number of hydrogen-bond acceptors (Lipinski definition) is 4. The summed E-state index contributed by atoms with van der Waals surface area (Å²) in [6.45, 7) is 3.88. The zero-order valence-corrected chi connectivity index (χ0v) is 14.9. The number of rotatable bonds is 5. The van der Waals surface area contributed by atoms with Crippen molar-refractivity contribution in [3.8, 4) is 17.2 Å². The molecule has 138 valence electrons. The molecule has 0 aliphatic heterocycles. The molecule has 1 aromatic heterocycles. The highest BCUT2D eigenvalue weighted by Gasteiger charge is 2.09. The van der Waals surface area contributed by atoms with Crippen LogP contribution in [0.25, 0.3) is 18.3 Å². The summed E-state index contributed by atoms with van der Waals surface area (Å²) >= 11 is 0. The molecule has 0 aliphatic rings. The molecule has 1 heterocycles. The maximum Gasteiger partial charge on any atom is 0.335 e. The summed E-state index contributed by atoms with van der Waals surface area (Å²) in [6, 6.07) is 11.4. The number of nitrogens with zero attached hydrogens (tertiary/aromatic N) is 1. The molecule has 3 aromatic rings. The minimum atomic E-state index is -1.07. The van der Waals surface area contributed by atoms with E-state index in [9.17, 15) is 9.59 Å². The number of carbonyl (C=O) groups is 1. The lowest BCUT2D eigenvalue weighted by Crippen LogP contribution is -2.34. The van der Waals surface area contributed by atoms with Gasteiger partial charge in [0, 0.05) is 0 Å². The molecular formula is C20H18N2O5. The van der Waals surface area contributed by atoms with Gasteiger partial charge in [-0.05, 0) is 42.0 Å². The van der Waals surface area contributed by atoms with Crippen LogP contribution in [-0.4, -0.2) is 35.1 Å². The van der Waals surface area contributed by atoms with Crippen LogP contribution in [0.5, 0.6) is 11.5 Å². The summed E-state index contributed by atoms with van der Waals surface area (Å²) in [6.07, 6.45) is 1.68. The molecule has 7 nitrogen and oxygen atoms in total. The van der Waals surface area contributed by atoms with Crippen LogP contribution in [0.3, 0.4) is 0 Å². The van der Waals surface area contributed by atoms with Crippen molar-refractivity contribution in [3.05, 3.63) is 74.5 Å². The SMILES string of the molecule is C=c1[nH]n(-c2cccc(C(=O)O)c2)c(=O)/c1=C\c1ccc(OC)c(OC)c1. The van der Waals surface area contributed by atoms with Gasteiger partial charge in [-0.15, -0.1) is 0 Å². The second kappa shape index (κ2) is 7.25. The lowest BCUT2D eigenvalue weighted by Gasteiger charge is -2.07. The molecule has 0 saturated carbocycles. The summed E-state index contributed by atoms with van der Waals surface area (Å²) < 4.78 is 11.8. The first-order valence-corrected chi connectivity index (χ1v) is 8.02. The van der Waals surface area contributed by atoms with E-state index < -0.39 is 5.97 Å². The van der Waals surface area contributed by atoms with Crippen LogP contribution in [0.4, 0.5) is 0 Å². The van der Waals surface area contributed by atoms with Gasteiger partial charge in [-0.3, -0.25) is 9.89 Å². The quantitative estimate of drug-likeness (QED) is 0.706. The molecule has 0 unspecified atom stereocenters. The van der Waals surface area contributed by atoms with Crippen LogP contribution < -0.4 is 25.6 Å². The third kappa shape index (κ3) is 3.48. The number of ether oxygens (including phenoxy) is 2. The Morgan fingerprint density at radius 2 is 1.89 bits per heavy atom. The number of aromatic nitrogens is 2. The van der Waals surface area contributed by atoms with E-state index in [0.29, 0.717) is 27.8 Å². The largest absolute Gasteiger partial charge is 0.493 e. The molecule has 0 saturated heterocycles. The molecule has 0 fully saturated rings. The van der Waals surface area contributed by atoms with E-state index in [4.69, 9.17) is 14.6 Å². The number of nitrogens with one attached hydrogen (secondary N) is 1. The van der Waals surface area contributed by atoms with Crippen LogP contribution in [0.2, 0.25) is 0 Å². The molecule has 0 aliphatic carbocycles. The highest BCUT2D eigenvalue weighted by atomic mass is 16.5. The van der Waals surface area contributed by atoms with E-state index >= 15 is 0 Å². The predicted octanol–water partition coefficient (Wildman–Crippen LogP) is 1.12. The van der Waals surface area contributed by atoms with Crippen LogP contribution in [0.15, 0.2) is 47.3 Å². The molecular weight excluding hydrogens is 348 g/mol. The predicted molar refractivity (Wildman–Crippen MR) is 101 cm³/mol. The molecule has 7 heteroatoms. The van der Waals surface area contributed by atoms with E-state index in [1.165, 1.54) is 23.9 Å². The highest BCUT2D eigenvalue weighted by Crippen LogP contribution is 2.27. The first kappa shape index (κ1) is 18.1. The number of benzene rings is 2. The Hall–Kier alpha value is -3.74. The zero-order valence-electron chi connectivity index (χ0n) is 14.9. The molecule has 0 radical (unpaired) electrons. The minimum absolute atomic E-state index is 0.0880. The second-order valence-electron chi connectivity index (χ2n) is 5.76. The van der Waals surface area contributed by atoms with Crippen LogP contribution in [-0.2, 0) is 0 Å². The van der Waals surface area contributed by atoms with Crippen molar-refractivity contribution >= 4 is 18.6 Å². The topological polar surface area (TPSA) is 93.6 Å². The maximum atomic E-state index is 12.8. The number of aromatic carboxylic acids is 1. The summed E-state index contributed by atoms with van der Waals surface area (Å²) in [5.74, 6) is 0.0618. The molecule has 0 atom stereocenters. The number of carboxylic acids is 1. The molecule has 0 spiro atoms. The zero-order chi connectivity index (χ0) is 19.6. The van der Waals surface area contributed by atoms with Crippen molar-refractivity contribution in [1.82, 2.24) is 9.78 Å². The Morgan fingerprint density at radius 3 is 2.56 bits per heavy atom. The van der Waals surface area contributed by atoms with Crippen LogP contribution >= 0.6 is 0 Å². The van der Waals surface area contributed by atoms with Gasteiger partial charge in [0.15, 0.2) is 11.5 Å². The Kier molecular flexibility index (Phi) is 4.85. The third-order valence-corrected chi connectivity index (χ3v) is 4.08. The standard InChI is InChI=1S/C20H18N2O5/c1-12-16(9-13-7-8-17(26-2)18(10-13)27-3)19(23)22(21-12)15-6-4-5-14(11-15)20(24)25/h4-11,21H,1H2,2-3H3,(H,24,25)/b16-9-. The fourth-order valence-corrected chi connectivity index (χ4v) is 2.71. The van der Waals surface area contributed by atoms with E-state index in [0.717, 1.165) is 5.56 Å². The average molecular weight is 366 g/mol. The van der Waals surface area contributed by atoms with Gasteiger partial charge < -0.3 is 14.6 Å². The summed E-state index contributed by atoms with van der Waals surface area (Å²) in [4.78, 5) is 24.0. The average Bonchev–Trinajstić information content (AvgIpc) is 2.96. The normalized spacial score (nSPS) is 11.4. The van der Waals surface area contributed by atoms with E-state index in [2.05, 4.69) is 11.7 Å². The number of hydrogen-bond donors (Lipinski definition) is 2. The van der Waals surface area contributed by atoms with Gasteiger partial charge in [0.05, 0.1) is 36.0 Å². The summed E-state index contributed by atoms with van der Waals surface area (Å²) in [7, 11) is 3.08. The van der Waals surface area contributed by atoms with E-state index in [-0.39, 0.29) is 11.1 Å². The first-order chi connectivity index (χ1) is 12.9. The number of aromatic amines is 1. The maximum absolute atomic E-state index is 12.8. The van der Waals surface area contributed by atoms with Crippen LogP contribution in [0, 0.1) is 0 Å². The van der Waals surface area contributed by atoms with Gasteiger partial charge in [0.1, 0.15) is 0 Å². The van der Waals surface area contributed by atoms with Crippen molar-refractivity contribution in [2.75, 3.05) is 14.2 Å². The van der Waals surface area contributed by atoms with Crippen molar-refractivity contribution < 1.29 is 19.4 Å². The second-order valence-corrected chi connectivity index (χ2v) is 5.76. The van der Waals surface area contributed by atoms with Gasteiger partial charge >= 0.3 is 5.97 Å². The van der Waals surface area contributed by atoms with Gasteiger partial charge in [-0.2, -0.15) is 0 Å². The van der Waals surface area contributed by atoms with Crippen molar-refractivity contribution in [3.63, 3.8) is 0 Å². The Bertz CT molecular complexity index is 1170. The fraction of sp³-hybridized carbons (Fsp3) is 0.100. The monoisotopic (exact) mass is 366 g/mol. The van der Waals surface area contributed by atoms with E-state index in [1.54, 1.807) is 43.5 Å². The lowest BCUT2D eigenvalue weighted by atomic mass is 10.1. The minimum Gasteiger partial charge on any atom is -0.493 e. The first-order valence-electron chi connectivity index (χ1n) is 8.02. The molecule has 3 rings (SSSR count). The highest BCUT2D eigenvalue weighted by molar-refractivity contribution is 5.88. The fourth-order valence-electron chi connectivity index (χ4n) is 2.71. The van der Waals surface area contributed by atoms with Gasteiger partial charge in [-0.25, -0.2) is 9.48 Å². The van der Waals surface area contributed by atoms with Crippen molar-refractivity contribution in [2.24, 2.45) is 0 Å². The molecule has 0 bridgehead atoms. The smallest absolute Gasteiger partial charge is 0.335 e. The Balaban J connectivity index is 2.13. The Labute approximate surface area is 154 Å². The summed E-state index contributed by atoms with van der Waals surface area (Å²) in [5.41, 5.74) is 0.902. The van der Waals surface area contributed by atoms with Gasteiger partial charge in [-0.1, -0.05) is 18.7 Å². The van der Waals surface area contributed by atoms with Crippen molar-refractivity contribution in [2.45, 2.75) is 0 Å². The van der Waals surface area contributed by atoms with Gasteiger partial charge in [0.2, 0.25) is 0 Å². The molecule has 2 aromatic carbocycles. The third-order valence-electron chi connectivity index (χ3n) is 4.08. The number of methoxy groups -OCH3 is 2. The lowest BCUT2D eigenvalue weighted by molar-refractivity contribution is 0.0697. The number of H-pyrrole nitrogens is 1. The van der Waals surface area contributed by atoms with E-state index in [1.807, 2.05) is 0 Å². The number of carboxylic acid groups (broad SMARTS) is 1. The molecule has 27 heavy (non-hydrogen) atoms. The van der Waals surface area contributed by atoms with Crippen LogP contribution in [0.1, 0.15) is 15.9 Å². The van der Waals surface area contributed by atoms with Gasteiger partial charge in [0.25, 0.3) is 5.56 Å². The molecule has 2 N–H and O–H groups in total.